The van der Waals surface area contributed by atoms with E-state index in [1.165, 1.54) is 11.8 Å². The molecule has 0 atom stereocenters. The van der Waals surface area contributed by atoms with Crippen LogP contribution in [0.4, 0.5) is 0 Å². The van der Waals surface area contributed by atoms with E-state index in [-0.39, 0.29) is 11.7 Å². The molecule has 32 heavy (non-hydrogen) atoms. The molecular weight excluding hydrogens is 404 g/mol. The van der Waals surface area contributed by atoms with E-state index >= 15 is 0 Å². The predicted molar refractivity (Wildman–Crippen MR) is 120 cm³/mol. The molecule has 0 aliphatic heterocycles. The summed E-state index contributed by atoms with van der Waals surface area (Å²) >= 11 is 0. The molecule has 1 heterocycles. The number of benzene rings is 3. The molecular formula is C25H20N4O3. The largest absolute Gasteiger partial charge is 0.469 e. The fourth-order valence-corrected chi connectivity index (χ4v) is 3.38. The lowest BCUT2D eigenvalue weighted by atomic mass is 10.1. The van der Waals surface area contributed by atoms with Gasteiger partial charge in [-0.1, -0.05) is 42.5 Å². The van der Waals surface area contributed by atoms with E-state index in [2.05, 4.69) is 11.2 Å². The van der Waals surface area contributed by atoms with Crippen LogP contribution < -0.4 is 5.69 Å². The molecule has 7 nitrogen and oxygen atoms in total. The Morgan fingerprint density at radius 2 is 1.62 bits per heavy atom. The van der Waals surface area contributed by atoms with Crippen LogP contribution in [-0.2, 0) is 16.0 Å². The summed E-state index contributed by atoms with van der Waals surface area (Å²) in [7, 11) is 1.37. The Morgan fingerprint density at radius 3 is 2.25 bits per heavy atom. The van der Waals surface area contributed by atoms with Crippen molar-refractivity contribution in [1.82, 2.24) is 14.3 Å². The first-order valence-corrected chi connectivity index (χ1v) is 10.0. The maximum atomic E-state index is 13.4. The highest BCUT2D eigenvalue weighted by Crippen LogP contribution is 2.21. The molecule has 4 aromatic rings. The van der Waals surface area contributed by atoms with Gasteiger partial charge in [-0.3, -0.25) is 4.79 Å². The smallest absolute Gasteiger partial charge is 0.355 e. The van der Waals surface area contributed by atoms with Crippen molar-refractivity contribution in [2.75, 3.05) is 7.11 Å². The molecule has 0 amide bonds. The summed E-state index contributed by atoms with van der Waals surface area (Å²) in [6, 6.07) is 25.7. The van der Waals surface area contributed by atoms with Crippen LogP contribution >= 0.6 is 0 Å². The highest BCUT2D eigenvalue weighted by molar-refractivity contribution is 5.69. The number of hydrogen-bond acceptors (Lipinski definition) is 5. The minimum Gasteiger partial charge on any atom is -0.469 e. The number of nitrogens with zero attached hydrogens (tertiary/aromatic N) is 4. The molecule has 0 radical (unpaired) electrons. The lowest BCUT2D eigenvalue weighted by molar-refractivity contribution is -0.140. The van der Waals surface area contributed by atoms with Gasteiger partial charge in [-0.25, -0.2) is 9.36 Å². The van der Waals surface area contributed by atoms with E-state index in [1.54, 1.807) is 28.8 Å². The number of esters is 1. The van der Waals surface area contributed by atoms with E-state index in [0.717, 1.165) is 11.1 Å². The molecule has 0 bridgehead atoms. The zero-order valence-corrected chi connectivity index (χ0v) is 17.4. The van der Waals surface area contributed by atoms with Crippen LogP contribution in [0.3, 0.4) is 0 Å². The lowest BCUT2D eigenvalue weighted by Gasteiger charge is -2.07. The van der Waals surface area contributed by atoms with E-state index < -0.39 is 0 Å². The minimum absolute atomic E-state index is 0.264. The topological polar surface area (TPSA) is 89.9 Å². The van der Waals surface area contributed by atoms with Gasteiger partial charge in [0.25, 0.3) is 0 Å². The number of aromatic nitrogens is 3. The van der Waals surface area contributed by atoms with Crippen LogP contribution in [0.2, 0.25) is 0 Å². The second kappa shape index (κ2) is 9.14. The van der Waals surface area contributed by atoms with Crippen LogP contribution in [0.15, 0.2) is 83.7 Å². The Hall–Kier alpha value is -4.44. The molecule has 0 unspecified atom stereocenters. The van der Waals surface area contributed by atoms with Gasteiger partial charge in [0.15, 0.2) is 5.82 Å². The van der Waals surface area contributed by atoms with Crippen molar-refractivity contribution in [3.63, 3.8) is 0 Å². The average Bonchev–Trinajstić information content (AvgIpc) is 3.20. The third-order valence-corrected chi connectivity index (χ3v) is 5.09. The molecule has 0 aliphatic rings. The molecule has 0 fully saturated rings. The SMILES string of the molecule is COC(=O)CCc1ccc(-n2c(-c3ccccc3)nn(-c3ccc(C#N)cc3)c2=O)cc1. The Labute approximate surface area is 184 Å². The number of methoxy groups -OCH3 is 1. The zero-order chi connectivity index (χ0) is 22.5. The molecule has 4 rings (SSSR count). The Morgan fingerprint density at radius 1 is 0.969 bits per heavy atom. The first-order chi connectivity index (χ1) is 15.6. The van der Waals surface area contributed by atoms with Gasteiger partial charge >= 0.3 is 11.7 Å². The number of rotatable bonds is 6. The van der Waals surface area contributed by atoms with Crippen LogP contribution in [0.25, 0.3) is 22.8 Å². The molecule has 7 heteroatoms. The molecule has 3 aromatic carbocycles. The number of nitriles is 1. The van der Waals surface area contributed by atoms with E-state index in [0.29, 0.717) is 35.6 Å². The fourth-order valence-electron chi connectivity index (χ4n) is 3.38. The van der Waals surface area contributed by atoms with Gasteiger partial charge < -0.3 is 4.74 Å². The molecule has 0 N–H and O–H groups in total. The maximum absolute atomic E-state index is 13.4. The summed E-state index contributed by atoms with van der Waals surface area (Å²) in [5, 5.41) is 13.6. The highest BCUT2D eigenvalue weighted by atomic mass is 16.5. The van der Waals surface area contributed by atoms with E-state index in [1.807, 2.05) is 54.6 Å². The maximum Gasteiger partial charge on any atom is 0.355 e. The number of carbonyl (C=O) groups is 1. The predicted octanol–water partition coefficient (Wildman–Crippen LogP) is 3.67. The van der Waals surface area contributed by atoms with Crippen molar-refractivity contribution in [1.29, 1.82) is 5.26 Å². The number of hydrogen-bond donors (Lipinski definition) is 0. The number of aryl methyl sites for hydroxylation is 1. The summed E-state index contributed by atoms with van der Waals surface area (Å²) in [5.41, 5.74) is 3.18. The molecule has 0 spiro atoms. The van der Waals surface area contributed by atoms with Crippen LogP contribution in [0.5, 0.6) is 0 Å². The third-order valence-electron chi connectivity index (χ3n) is 5.09. The van der Waals surface area contributed by atoms with E-state index in [9.17, 15) is 9.59 Å². The average molecular weight is 424 g/mol. The normalized spacial score (nSPS) is 10.5. The van der Waals surface area contributed by atoms with Gasteiger partial charge in [0.1, 0.15) is 0 Å². The van der Waals surface area contributed by atoms with Gasteiger partial charge in [-0.05, 0) is 48.4 Å². The summed E-state index contributed by atoms with van der Waals surface area (Å²) in [5.74, 6) is 0.239. The van der Waals surface area contributed by atoms with Crippen molar-refractivity contribution >= 4 is 5.97 Å². The molecule has 1 aromatic heterocycles. The Kier molecular flexibility index (Phi) is 5.95. The third kappa shape index (κ3) is 4.20. The van der Waals surface area contributed by atoms with Crippen molar-refractivity contribution in [3.05, 3.63) is 100 Å². The first kappa shape index (κ1) is 20.8. The standard InChI is InChI=1S/C25H20N4O3/c1-32-23(30)16-11-18-7-12-21(13-8-18)28-24(20-5-3-2-4-6-20)27-29(25(28)31)22-14-9-19(17-26)10-15-22/h2-10,12-15H,11,16H2,1H3. The monoisotopic (exact) mass is 424 g/mol. The van der Waals surface area contributed by atoms with Crippen LogP contribution in [0, 0.1) is 11.3 Å². The summed E-state index contributed by atoms with van der Waals surface area (Å²) in [4.78, 5) is 24.8. The Bertz CT molecular complexity index is 1330. The minimum atomic E-state index is -0.323. The van der Waals surface area contributed by atoms with Gasteiger partial charge in [-0.15, -0.1) is 5.10 Å². The van der Waals surface area contributed by atoms with Gasteiger partial charge in [0.05, 0.1) is 30.1 Å². The second-order valence-corrected chi connectivity index (χ2v) is 7.12. The lowest BCUT2D eigenvalue weighted by Crippen LogP contribution is -2.23. The van der Waals surface area contributed by atoms with Gasteiger partial charge in [-0.2, -0.15) is 9.94 Å². The van der Waals surface area contributed by atoms with Crippen molar-refractivity contribution in [3.8, 4) is 28.8 Å². The number of carbonyl (C=O) groups excluding carboxylic acids is 1. The van der Waals surface area contributed by atoms with Gasteiger partial charge in [0, 0.05) is 12.0 Å². The Balaban J connectivity index is 1.78. The van der Waals surface area contributed by atoms with Crippen LogP contribution in [-0.4, -0.2) is 27.4 Å². The van der Waals surface area contributed by atoms with Crippen molar-refractivity contribution in [2.45, 2.75) is 12.8 Å². The molecule has 0 aliphatic carbocycles. The highest BCUT2D eigenvalue weighted by Gasteiger charge is 2.18. The zero-order valence-electron chi connectivity index (χ0n) is 17.4. The summed E-state index contributed by atoms with van der Waals surface area (Å²) in [6.45, 7) is 0. The van der Waals surface area contributed by atoms with Crippen molar-refractivity contribution in [2.24, 2.45) is 0 Å². The molecule has 0 saturated carbocycles. The fraction of sp³-hybridized carbons (Fsp3) is 0.120. The summed E-state index contributed by atoms with van der Waals surface area (Å²) in [6.07, 6.45) is 0.847. The molecule has 0 saturated heterocycles. The first-order valence-electron chi connectivity index (χ1n) is 10.0. The quantitative estimate of drug-likeness (QED) is 0.441. The van der Waals surface area contributed by atoms with E-state index in [4.69, 9.17) is 10.00 Å². The second-order valence-electron chi connectivity index (χ2n) is 7.12. The van der Waals surface area contributed by atoms with Crippen molar-refractivity contribution < 1.29 is 9.53 Å². The van der Waals surface area contributed by atoms with Gasteiger partial charge in [0.2, 0.25) is 0 Å². The number of ether oxygens (including phenoxy) is 1. The van der Waals surface area contributed by atoms with Crippen LogP contribution in [0.1, 0.15) is 17.5 Å². The summed E-state index contributed by atoms with van der Waals surface area (Å²) < 4.78 is 7.57. The molecule has 158 valence electrons.